The topological polar surface area (TPSA) is 58.6 Å². The number of hydrogen-bond acceptors (Lipinski definition) is 4. The molecule has 0 aromatic heterocycles. The van der Waals surface area contributed by atoms with Crippen molar-refractivity contribution in [1.82, 2.24) is 5.32 Å². The Morgan fingerprint density at radius 1 is 0.963 bits per heavy atom. The second kappa shape index (κ2) is 8.73. The molecule has 7 heteroatoms. The summed E-state index contributed by atoms with van der Waals surface area (Å²) in [5.41, 5.74) is -0.212. The maximum atomic E-state index is 14.3. The van der Waals surface area contributed by atoms with Crippen LogP contribution in [0.5, 0.6) is 0 Å². The van der Waals surface area contributed by atoms with E-state index in [0.29, 0.717) is 25.9 Å². The quantitative estimate of drug-likeness (QED) is 0.817. The molecule has 1 aliphatic heterocycles. The van der Waals surface area contributed by atoms with Crippen molar-refractivity contribution in [2.24, 2.45) is 5.92 Å². The predicted molar refractivity (Wildman–Crippen MR) is 96.5 cm³/mol. The van der Waals surface area contributed by atoms with Gasteiger partial charge < -0.3 is 10.1 Å². The van der Waals surface area contributed by atoms with Crippen molar-refractivity contribution in [3.8, 4) is 0 Å². The minimum Gasteiger partial charge on any atom is -0.455 e. The summed E-state index contributed by atoms with van der Waals surface area (Å²) in [6, 6.07) is 11.1. The average Bonchev–Trinajstić information content (AvgIpc) is 2.70. The van der Waals surface area contributed by atoms with Crippen LogP contribution in [0.2, 0.25) is 0 Å². The van der Waals surface area contributed by atoms with Gasteiger partial charge in [0.15, 0.2) is 6.61 Å². The highest BCUT2D eigenvalue weighted by molar-refractivity contribution is 6.02. The molecule has 5 nitrogen and oxygen atoms in total. The number of para-hydroxylation sites is 2. The van der Waals surface area contributed by atoms with Crippen molar-refractivity contribution in [2.75, 3.05) is 24.6 Å². The molecule has 0 atom stereocenters. The molecule has 27 heavy (non-hydrogen) atoms. The molecule has 0 aliphatic carbocycles. The molecule has 2 aromatic rings. The van der Waals surface area contributed by atoms with Crippen molar-refractivity contribution < 1.29 is 23.1 Å². The van der Waals surface area contributed by atoms with Gasteiger partial charge in [-0.1, -0.05) is 24.3 Å². The van der Waals surface area contributed by atoms with Crippen molar-refractivity contribution in [1.29, 1.82) is 0 Å². The van der Waals surface area contributed by atoms with Gasteiger partial charge in [-0.15, -0.1) is 0 Å². The second-order valence-corrected chi connectivity index (χ2v) is 6.26. The Hall–Kier alpha value is -2.80. The Morgan fingerprint density at radius 3 is 2.00 bits per heavy atom. The fraction of sp³-hybridized carbons (Fsp3) is 0.300. The van der Waals surface area contributed by atoms with Crippen LogP contribution in [0.25, 0.3) is 0 Å². The van der Waals surface area contributed by atoms with E-state index in [-0.39, 0.29) is 17.3 Å². The zero-order chi connectivity index (χ0) is 19.2. The molecule has 1 heterocycles. The first kappa shape index (κ1) is 19.0. The molecular weight excluding hydrogens is 354 g/mol. The SMILES string of the molecule is O=C(OCC(=O)N(c1ccccc1F)c1ccccc1F)C1CCNCC1. The third-order valence-corrected chi connectivity index (χ3v) is 4.45. The molecule has 3 rings (SSSR count). The van der Waals surface area contributed by atoms with E-state index in [1.165, 1.54) is 36.4 Å². The van der Waals surface area contributed by atoms with Gasteiger partial charge in [0.1, 0.15) is 11.6 Å². The van der Waals surface area contributed by atoms with Crippen LogP contribution < -0.4 is 10.2 Å². The normalized spacial score (nSPS) is 14.6. The first-order valence-corrected chi connectivity index (χ1v) is 8.77. The molecular formula is C20H20F2N2O3. The molecule has 0 bridgehead atoms. The lowest BCUT2D eigenvalue weighted by Gasteiger charge is -2.25. The third-order valence-electron chi connectivity index (χ3n) is 4.45. The second-order valence-electron chi connectivity index (χ2n) is 6.26. The summed E-state index contributed by atoms with van der Waals surface area (Å²) in [5.74, 6) is -2.83. The van der Waals surface area contributed by atoms with Gasteiger partial charge in [0.05, 0.1) is 17.3 Å². The van der Waals surface area contributed by atoms with E-state index in [9.17, 15) is 18.4 Å². The van der Waals surface area contributed by atoms with Crippen LogP contribution in [0.3, 0.4) is 0 Å². The van der Waals surface area contributed by atoms with Crippen molar-refractivity contribution in [3.63, 3.8) is 0 Å². The highest BCUT2D eigenvalue weighted by atomic mass is 19.1. The van der Waals surface area contributed by atoms with Gasteiger partial charge in [-0.3, -0.25) is 14.5 Å². The van der Waals surface area contributed by atoms with E-state index >= 15 is 0 Å². The average molecular weight is 374 g/mol. The molecule has 142 valence electrons. The summed E-state index contributed by atoms with van der Waals surface area (Å²) in [5, 5.41) is 3.14. The van der Waals surface area contributed by atoms with Crippen molar-refractivity contribution in [2.45, 2.75) is 12.8 Å². The monoisotopic (exact) mass is 374 g/mol. The van der Waals surface area contributed by atoms with Crippen LogP contribution in [-0.2, 0) is 14.3 Å². The van der Waals surface area contributed by atoms with Gasteiger partial charge in [0, 0.05) is 0 Å². The Bertz CT molecular complexity index is 777. The minimum absolute atomic E-state index is 0.106. The molecule has 2 aromatic carbocycles. The Labute approximate surface area is 155 Å². The van der Waals surface area contributed by atoms with E-state index in [1.807, 2.05) is 0 Å². The van der Waals surface area contributed by atoms with Gasteiger partial charge >= 0.3 is 5.97 Å². The largest absolute Gasteiger partial charge is 0.455 e. The molecule has 0 saturated carbocycles. The van der Waals surface area contributed by atoms with Crippen LogP contribution in [0.1, 0.15) is 12.8 Å². The number of amides is 1. The minimum atomic E-state index is -0.729. The fourth-order valence-electron chi connectivity index (χ4n) is 3.04. The Kier molecular flexibility index (Phi) is 6.13. The lowest BCUT2D eigenvalue weighted by molar-refractivity contribution is -0.152. The smallest absolute Gasteiger partial charge is 0.309 e. The summed E-state index contributed by atoms with van der Waals surface area (Å²) < 4.78 is 33.7. The molecule has 0 spiro atoms. The molecule has 1 amide bonds. The van der Waals surface area contributed by atoms with Gasteiger partial charge in [0.2, 0.25) is 0 Å². The molecule has 0 unspecified atom stereocenters. The molecule has 0 radical (unpaired) electrons. The van der Waals surface area contributed by atoms with Crippen molar-refractivity contribution >= 4 is 23.3 Å². The lowest BCUT2D eigenvalue weighted by Crippen LogP contribution is -2.36. The third kappa shape index (κ3) is 4.49. The van der Waals surface area contributed by atoms with E-state index in [0.717, 1.165) is 4.90 Å². The number of rotatable bonds is 5. The Balaban J connectivity index is 1.80. The first-order chi connectivity index (χ1) is 13.1. The highest BCUT2D eigenvalue weighted by Gasteiger charge is 2.27. The van der Waals surface area contributed by atoms with Crippen LogP contribution in [0, 0.1) is 17.6 Å². The van der Waals surface area contributed by atoms with Crippen LogP contribution >= 0.6 is 0 Å². The molecule has 1 fully saturated rings. The van der Waals surface area contributed by atoms with Gasteiger partial charge in [-0.2, -0.15) is 0 Å². The maximum Gasteiger partial charge on any atom is 0.309 e. The van der Waals surface area contributed by atoms with Gasteiger partial charge in [-0.05, 0) is 50.2 Å². The van der Waals surface area contributed by atoms with Crippen LogP contribution in [0.4, 0.5) is 20.2 Å². The molecule has 1 aliphatic rings. The zero-order valence-corrected chi connectivity index (χ0v) is 14.7. The summed E-state index contributed by atoms with van der Waals surface area (Å²) in [6.45, 7) is 0.833. The number of esters is 1. The standard InChI is InChI=1S/C20H20F2N2O3/c21-15-5-1-3-7-17(15)24(18-8-4-2-6-16(18)22)19(25)13-27-20(26)14-9-11-23-12-10-14/h1-8,14,23H,9-13H2. The lowest BCUT2D eigenvalue weighted by atomic mass is 9.99. The summed E-state index contributed by atoms with van der Waals surface area (Å²) in [7, 11) is 0. The number of benzene rings is 2. The molecule has 1 saturated heterocycles. The van der Waals surface area contributed by atoms with Crippen molar-refractivity contribution in [3.05, 3.63) is 60.2 Å². The number of anilines is 2. The number of carbonyl (C=O) groups excluding carboxylic acids is 2. The number of hydrogen-bond donors (Lipinski definition) is 1. The number of nitrogens with zero attached hydrogens (tertiary/aromatic N) is 1. The van der Waals surface area contributed by atoms with Gasteiger partial charge in [-0.25, -0.2) is 8.78 Å². The first-order valence-electron chi connectivity index (χ1n) is 8.77. The number of ether oxygens (including phenoxy) is 1. The summed E-state index contributed by atoms with van der Waals surface area (Å²) >= 11 is 0. The number of piperidine rings is 1. The molecule has 1 N–H and O–H groups in total. The van der Waals surface area contributed by atoms with Crippen LogP contribution in [0.15, 0.2) is 48.5 Å². The summed E-state index contributed by atoms with van der Waals surface area (Å²) in [6.07, 6.45) is 1.27. The van der Waals surface area contributed by atoms with Gasteiger partial charge in [0.25, 0.3) is 5.91 Å². The van der Waals surface area contributed by atoms with E-state index in [2.05, 4.69) is 5.32 Å². The number of halogens is 2. The predicted octanol–water partition coefficient (Wildman–Crippen LogP) is 3.17. The number of nitrogens with one attached hydrogen (secondary N) is 1. The zero-order valence-electron chi connectivity index (χ0n) is 14.7. The van der Waals surface area contributed by atoms with E-state index in [4.69, 9.17) is 4.74 Å². The fourth-order valence-corrected chi connectivity index (χ4v) is 3.04. The van der Waals surface area contributed by atoms with Crippen LogP contribution in [-0.4, -0.2) is 31.6 Å². The maximum absolute atomic E-state index is 14.3. The highest BCUT2D eigenvalue weighted by Crippen LogP contribution is 2.30. The van der Waals surface area contributed by atoms with E-state index < -0.39 is 30.1 Å². The Morgan fingerprint density at radius 2 is 1.48 bits per heavy atom. The number of carbonyl (C=O) groups is 2. The van der Waals surface area contributed by atoms with E-state index in [1.54, 1.807) is 12.1 Å². The summed E-state index contributed by atoms with van der Waals surface area (Å²) in [4.78, 5) is 25.8.